The summed E-state index contributed by atoms with van der Waals surface area (Å²) in [6.07, 6.45) is 7.31. The fourth-order valence-electron chi connectivity index (χ4n) is 6.87. The van der Waals surface area contributed by atoms with E-state index in [0.29, 0.717) is 45.1 Å². The van der Waals surface area contributed by atoms with Gasteiger partial charge in [-0.15, -0.1) is 0 Å². The largest absolute Gasteiger partial charge is 0.398 e. The Hall–Kier alpha value is -3.12. The smallest absolute Gasteiger partial charge is 0.137 e. The van der Waals surface area contributed by atoms with Crippen molar-refractivity contribution in [2.45, 2.75) is 24.8 Å². The number of nitrogens with two attached hydrogens (primary N) is 3. The second kappa shape index (κ2) is 6.20. The maximum absolute atomic E-state index is 8.12. The first-order chi connectivity index (χ1) is 14.6. The van der Waals surface area contributed by atoms with E-state index >= 15 is 0 Å². The van der Waals surface area contributed by atoms with Gasteiger partial charge in [-0.3, -0.25) is 9.89 Å². The molecule has 160 valence electrons. The lowest BCUT2D eigenvalue weighted by molar-refractivity contribution is 0.0531. The van der Waals surface area contributed by atoms with Crippen LogP contribution in [0, 0.1) is 28.6 Å². The van der Waals surface area contributed by atoms with Crippen molar-refractivity contribution in [1.29, 1.82) is 10.8 Å². The zero-order valence-corrected chi connectivity index (χ0v) is 18.3. The van der Waals surface area contributed by atoms with Crippen molar-refractivity contribution in [3.8, 4) is 0 Å². The van der Waals surface area contributed by atoms with Crippen LogP contribution in [0.3, 0.4) is 0 Å². The molecular weight excluding hydrogens is 384 g/mol. The van der Waals surface area contributed by atoms with E-state index in [1.807, 2.05) is 18.2 Å². The first-order valence-electron chi connectivity index (χ1n) is 10.8. The van der Waals surface area contributed by atoms with Gasteiger partial charge in [-0.2, -0.15) is 0 Å². The Balaban J connectivity index is 1.84. The molecule has 0 amide bonds. The van der Waals surface area contributed by atoms with Gasteiger partial charge in [-0.1, -0.05) is 18.2 Å². The van der Waals surface area contributed by atoms with E-state index in [1.165, 1.54) is 17.5 Å². The Bertz CT molecular complexity index is 1160. The lowest BCUT2D eigenvalue weighted by atomic mass is 9.60. The zero-order chi connectivity index (χ0) is 22.3. The highest BCUT2D eigenvalue weighted by Gasteiger charge is 2.65. The molecule has 0 spiro atoms. The molecule has 1 fully saturated rings. The normalized spacial score (nSPS) is 31.8. The van der Waals surface area contributed by atoms with E-state index in [-0.39, 0.29) is 11.4 Å². The summed E-state index contributed by atoms with van der Waals surface area (Å²) in [4.78, 5) is 0. The van der Waals surface area contributed by atoms with Crippen LogP contribution in [0.25, 0.3) is 0 Å². The highest BCUT2D eigenvalue weighted by atomic mass is 15.4. The van der Waals surface area contributed by atoms with Crippen LogP contribution in [0.2, 0.25) is 0 Å². The SMILES string of the molecule is CC1(c2ccc(N)c(C(=N)N)c2)[C@@H]2C3C=CC(C3)[C@@H]2c2c(ccc(N)c2C=N)[N+]1(C)C. The number of quaternary nitrogens is 1. The van der Waals surface area contributed by atoms with Crippen LogP contribution in [0.1, 0.15) is 41.5 Å². The van der Waals surface area contributed by atoms with Crippen molar-refractivity contribution < 1.29 is 0 Å². The first kappa shape index (κ1) is 19.8. The minimum Gasteiger partial charge on any atom is -0.398 e. The Labute approximate surface area is 183 Å². The molecule has 2 aromatic rings. The number of rotatable bonds is 3. The van der Waals surface area contributed by atoms with Crippen LogP contribution in [0.4, 0.5) is 17.1 Å². The van der Waals surface area contributed by atoms with Crippen molar-refractivity contribution in [3.63, 3.8) is 0 Å². The van der Waals surface area contributed by atoms with Crippen LogP contribution >= 0.6 is 0 Å². The third kappa shape index (κ3) is 2.31. The van der Waals surface area contributed by atoms with Gasteiger partial charge in [-0.05, 0) is 43.4 Å². The number of allylic oxidation sites excluding steroid dienone is 2. The predicted octanol–water partition coefficient (Wildman–Crippen LogP) is 3.53. The summed E-state index contributed by atoms with van der Waals surface area (Å²) < 4.78 is 0.628. The molecule has 1 aliphatic heterocycles. The van der Waals surface area contributed by atoms with E-state index in [1.54, 1.807) is 0 Å². The number of hydrogen-bond donors (Lipinski definition) is 5. The van der Waals surface area contributed by atoms with Gasteiger partial charge in [-0.25, -0.2) is 0 Å². The molecule has 2 aromatic carbocycles. The fraction of sp³-hybridized carbons (Fsp3) is 0.360. The molecule has 3 aliphatic rings. The molecule has 2 aliphatic carbocycles. The minimum absolute atomic E-state index is 0.00674. The Morgan fingerprint density at radius 2 is 1.77 bits per heavy atom. The molecule has 1 saturated carbocycles. The molecule has 2 bridgehead atoms. The van der Waals surface area contributed by atoms with Gasteiger partial charge in [0.15, 0.2) is 0 Å². The number of fused-ring (bicyclic) bond motifs is 7. The van der Waals surface area contributed by atoms with Gasteiger partial charge in [0.05, 0.1) is 14.1 Å². The number of nitrogen functional groups attached to an aromatic ring is 3. The lowest BCUT2D eigenvalue weighted by Crippen LogP contribution is -2.65. The van der Waals surface area contributed by atoms with Crippen LogP contribution < -0.4 is 21.7 Å². The number of benzene rings is 2. The first-order valence-corrected chi connectivity index (χ1v) is 10.8. The molecule has 0 radical (unpaired) electrons. The third-order valence-electron chi connectivity index (χ3n) is 8.58. The number of anilines is 2. The maximum Gasteiger partial charge on any atom is 0.137 e. The molecule has 0 saturated heterocycles. The van der Waals surface area contributed by atoms with E-state index in [4.69, 9.17) is 28.0 Å². The molecular formula is C25H31N6+. The van der Waals surface area contributed by atoms with E-state index in [0.717, 1.165) is 17.5 Å². The summed E-state index contributed by atoms with van der Waals surface area (Å²) in [5.41, 5.74) is 24.4. The van der Waals surface area contributed by atoms with E-state index in [2.05, 4.69) is 45.3 Å². The summed E-state index contributed by atoms with van der Waals surface area (Å²) >= 11 is 0. The summed E-state index contributed by atoms with van der Waals surface area (Å²) in [6, 6.07) is 10.1. The van der Waals surface area contributed by atoms with Crippen molar-refractivity contribution in [3.05, 3.63) is 64.7 Å². The molecule has 3 unspecified atom stereocenters. The van der Waals surface area contributed by atoms with Gasteiger partial charge in [0.1, 0.15) is 17.1 Å². The average molecular weight is 416 g/mol. The molecule has 31 heavy (non-hydrogen) atoms. The lowest BCUT2D eigenvalue weighted by Gasteiger charge is -2.57. The number of nitrogens with zero attached hydrogens (tertiary/aromatic N) is 1. The van der Waals surface area contributed by atoms with Crippen LogP contribution in [-0.4, -0.2) is 26.1 Å². The highest BCUT2D eigenvalue weighted by Crippen LogP contribution is 2.67. The fourth-order valence-corrected chi connectivity index (χ4v) is 6.87. The predicted molar refractivity (Wildman–Crippen MR) is 129 cm³/mol. The Kier molecular flexibility index (Phi) is 3.97. The summed E-state index contributed by atoms with van der Waals surface area (Å²) in [5, 5.41) is 16.1. The number of amidine groups is 1. The standard InChI is InChI=1S/C25H31N6/c1-25(15-6-7-18(27)16(11-15)24(29)30)23-14-5-4-13(10-14)21(23)22-17(12-26)19(28)8-9-20(22)31(25,2)3/h4-9,11-14,21,23,26H,10,27-28H2,1-3H3,(H3,29,30)/q+1/t13?,14?,21-,23-,25?/m1/s1. The van der Waals surface area contributed by atoms with E-state index in [9.17, 15) is 0 Å². The van der Waals surface area contributed by atoms with E-state index < -0.39 is 0 Å². The quantitative estimate of drug-likeness (QED) is 0.173. The number of hydrogen-bond acceptors (Lipinski definition) is 4. The van der Waals surface area contributed by atoms with Crippen LogP contribution in [-0.2, 0) is 5.54 Å². The van der Waals surface area contributed by atoms with Crippen molar-refractivity contribution >= 4 is 29.1 Å². The van der Waals surface area contributed by atoms with Gasteiger partial charge in [0.2, 0.25) is 0 Å². The van der Waals surface area contributed by atoms with Crippen LogP contribution in [0.15, 0.2) is 42.5 Å². The van der Waals surface area contributed by atoms with Crippen molar-refractivity contribution in [2.75, 3.05) is 25.6 Å². The monoisotopic (exact) mass is 415 g/mol. The Morgan fingerprint density at radius 1 is 1.10 bits per heavy atom. The molecule has 6 heteroatoms. The topological polar surface area (TPSA) is 126 Å². The molecule has 8 N–H and O–H groups in total. The molecule has 1 heterocycles. The minimum atomic E-state index is -0.269. The van der Waals surface area contributed by atoms with Gasteiger partial charge in [0, 0.05) is 57.7 Å². The highest BCUT2D eigenvalue weighted by molar-refractivity contribution is 6.00. The molecule has 5 rings (SSSR count). The molecule has 5 atom stereocenters. The summed E-state index contributed by atoms with van der Waals surface area (Å²) in [7, 11) is 4.50. The zero-order valence-electron chi connectivity index (χ0n) is 18.3. The van der Waals surface area contributed by atoms with Gasteiger partial charge < -0.3 is 22.6 Å². The average Bonchev–Trinajstić information content (AvgIpc) is 3.34. The van der Waals surface area contributed by atoms with Crippen molar-refractivity contribution in [1.82, 2.24) is 4.48 Å². The second-order valence-corrected chi connectivity index (χ2v) is 9.96. The summed E-state index contributed by atoms with van der Waals surface area (Å²) in [6.45, 7) is 2.35. The second-order valence-electron chi connectivity index (χ2n) is 9.96. The van der Waals surface area contributed by atoms with Crippen LogP contribution in [0.5, 0.6) is 0 Å². The number of nitrogens with one attached hydrogen (secondary N) is 2. The molecule has 0 aromatic heterocycles. The van der Waals surface area contributed by atoms with Gasteiger partial charge in [0.25, 0.3) is 0 Å². The summed E-state index contributed by atoms with van der Waals surface area (Å²) in [5.74, 6) is 1.56. The Morgan fingerprint density at radius 3 is 2.45 bits per heavy atom. The maximum atomic E-state index is 8.12. The third-order valence-corrected chi connectivity index (χ3v) is 8.58. The van der Waals surface area contributed by atoms with Crippen molar-refractivity contribution in [2.24, 2.45) is 23.5 Å². The molecule has 6 nitrogen and oxygen atoms in total. The van der Waals surface area contributed by atoms with Gasteiger partial charge >= 0.3 is 0 Å².